The molecule has 0 spiro atoms. The van der Waals surface area contributed by atoms with Gasteiger partial charge in [-0.25, -0.2) is 4.39 Å². The Morgan fingerprint density at radius 2 is 1.61 bits per heavy atom. The van der Waals surface area contributed by atoms with E-state index in [0.29, 0.717) is 23.3 Å². The van der Waals surface area contributed by atoms with Crippen molar-refractivity contribution in [1.82, 2.24) is 9.80 Å². The van der Waals surface area contributed by atoms with Crippen LogP contribution in [0.2, 0.25) is 0 Å². The number of allylic oxidation sites excluding steroid dienone is 1. The number of rotatable bonds is 5. The zero-order chi connectivity index (χ0) is 31.6. The first-order valence-electron chi connectivity index (χ1n) is 15.6. The summed E-state index contributed by atoms with van der Waals surface area (Å²) < 4.78 is 16.4. The van der Waals surface area contributed by atoms with E-state index < -0.39 is 69.6 Å². The van der Waals surface area contributed by atoms with Crippen molar-refractivity contribution in [1.29, 1.82) is 0 Å². The number of amides is 1. The van der Waals surface area contributed by atoms with E-state index in [4.69, 9.17) is 5.73 Å². The fourth-order valence-electron chi connectivity index (χ4n) is 10.4. The molecule has 0 aromatic heterocycles. The zero-order valence-corrected chi connectivity index (χ0v) is 25.3. The van der Waals surface area contributed by atoms with Gasteiger partial charge in [0, 0.05) is 34.7 Å². The summed E-state index contributed by atoms with van der Waals surface area (Å²) in [5.41, 5.74) is 1.54. The van der Waals surface area contributed by atoms with Gasteiger partial charge in [-0.2, -0.15) is 0 Å². The molecule has 6 N–H and O–H groups in total. The van der Waals surface area contributed by atoms with Gasteiger partial charge in [0.15, 0.2) is 11.4 Å². The van der Waals surface area contributed by atoms with Crippen LogP contribution in [0.5, 0.6) is 5.75 Å². The average molecular weight is 610 g/mol. The Morgan fingerprint density at radius 3 is 2.16 bits per heavy atom. The van der Waals surface area contributed by atoms with Crippen molar-refractivity contribution in [3.63, 3.8) is 0 Å². The molecule has 0 saturated heterocycles. The van der Waals surface area contributed by atoms with Gasteiger partial charge in [0.2, 0.25) is 5.78 Å². The van der Waals surface area contributed by atoms with E-state index in [1.807, 2.05) is 7.05 Å². The summed E-state index contributed by atoms with van der Waals surface area (Å²) in [6.45, 7) is 0.278. The predicted octanol–water partition coefficient (Wildman–Crippen LogP) is 2.66. The van der Waals surface area contributed by atoms with E-state index in [2.05, 4.69) is 4.90 Å². The molecule has 4 bridgehead atoms. The monoisotopic (exact) mass is 609 g/mol. The molecule has 0 aliphatic heterocycles. The number of primary amides is 1. The smallest absolute Gasteiger partial charge is 0.255 e. The highest BCUT2D eigenvalue weighted by Gasteiger charge is 2.63. The van der Waals surface area contributed by atoms with Crippen LogP contribution >= 0.6 is 0 Å². The number of aliphatic hydroxyl groups is 3. The number of Topliss-reactive ketones (excluding diaryl/α,β-unsaturated/α-hetero) is 2. The van der Waals surface area contributed by atoms with Crippen molar-refractivity contribution in [3.05, 3.63) is 51.2 Å². The minimum Gasteiger partial charge on any atom is -0.510 e. The zero-order valence-electron chi connectivity index (χ0n) is 25.3. The number of nitrogens with zero attached hydrogens (tertiary/aromatic N) is 2. The number of phenolic OH excluding ortho intramolecular Hbond substituents is 1. The molecule has 1 amide bonds. The molecule has 10 nitrogen and oxygen atoms in total. The Labute approximate surface area is 255 Å². The summed E-state index contributed by atoms with van der Waals surface area (Å²) in [6, 6.07) is 0.181. The van der Waals surface area contributed by atoms with Crippen LogP contribution in [0.4, 0.5) is 4.39 Å². The fourth-order valence-corrected chi connectivity index (χ4v) is 10.4. The molecule has 11 heteroatoms. The Balaban J connectivity index is 1.27. The summed E-state index contributed by atoms with van der Waals surface area (Å²) in [5, 5.41) is 45.2. The molecule has 0 heterocycles. The molecular formula is C33H40FN3O7. The number of likely N-dealkylation sites (N-methyl/N-ethyl adjacent to an activating group) is 1. The van der Waals surface area contributed by atoms with Crippen molar-refractivity contribution in [3.8, 4) is 5.75 Å². The van der Waals surface area contributed by atoms with Crippen molar-refractivity contribution in [2.24, 2.45) is 35.3 Å². The maximum Gasteiger partial charge on any atom is 0.255 e. The highest BCUT2D eigenvalue weighted by Crippen LogP contribution is 2.58. The quantitative estimate of drug-likeness (QED) is 0.316. The number of fused-ring (bicyclic) bond motifs is 3. The van der Waals surface area contributed by atoms with Crippen LogP contribution in [0.1, 0.15) is 66.4 Å². The number of ketones is 2. The largest absolute Gasteiger partial charge is 0.510 e. The molecule has 7 aliphatic carbocycles. The van der Waals surface area contributed by atoms with E-state index in [1.54, 1.807) is 14.1 Å². The van der Waals surface area contributed by atoms with Gasteiger partial charge in [0.1, 0.15) is 28.7 Å². The summed E-state index contributed by atoms with van der Waals surface area (Å²) in [4.78, 5) is 43.2. The topological polar surface area (TPSA) is 165 Å². The van der Waals surface area contributed by atoms with E-state index in [0.717, 1.165) is 19.3 Å². The minimum atomic E-state index is -2.72. The highest BCUT2D eigenvalue weighted by atomic mass is 19.1. The van der Waals surface area contributed by atoms with Gasteiger partial charge >= 0.3 is 0 Å². The van der Waals surface area contributed by atoms with Gasteiger partial charge in [0.05, 0.1) is 11.6 Å². The van der Waals surface area contributed by atoms with E-state index in [9.17, 15) is 34.8 Å². The van der Waals surface area contributed by atoms with E-state index in [1.165, 1.54) is 30.2 Å². The molecule has 1 aromatic rings. The third-order valence-corrected chi connectivity index (χ3v) is 12.0. The molecule has 4 fully saturated rings. The van der Waals surface area contributed by atoms with Gasteiger partial charge < -0.3 is 26.2 Å². The standard InChI is InChI=1S/C33H40FN3O7/c1-36(2)26-20-8-17-7-19-23(27(39)22(17)29(41)33(20,44)30(42)24(28(26)40)31(35)43)21(38)9-18(25(19)34)13-37(3)32-10-14-4-15(11-32)6-16(5-14)12-32/h9,14-17,20,26,38,40-41,44H,4-8,10-13H2,1-3H3,(H2,35,43)/t14?,15?,16?,17-,20-,26-,32?,33-/m0/s1. The number of phenols is 1. The molecule has 0 unspecified atom stereocenters. The maximum absolute atomic E-state index is 16.4. The van der Waals surface area contributed by atoms with Crippen molar-refractivity contribution < 1.29 is 39.2 Å². The normalized spacial score (nSPS) is 37.5. The molecule has 0 radical (unpaired) electrons. The molecular weight excluding hydrogens is 569 g/mol. The van der Waals surface area contributed by atoms with Crippen molar-refractivity contribution >= 4 is 17.5 Å². The first-order valence-corrected chi connectivity index (χ1v) is 15.6. The Morgan fingerprint density at radius 1 is 1.02 bits per heavy atom. The number of halogens is 1. The van der Waals surface area contributed by atoms with Gasteiger partial charge in [-0.05, 0) is 102 Å². The van der Waals surface area contributed by atoms with Gasteiger partial charge in [0.25, 0.3) is 5.91 Å². The molecule has 4 saturated carbocycles. The van der Waals surface area contributed by atoms with Gasteiger partial charge in [-0.15, -0.1) is 0 Å². The number of hydrogen-bond acceptors (Lipinski definition) is 9. The minimum absolute atomic E-state index is 0.00600. The molecule has 236 valence electrons. The van der Waals surface area contributed by atoms with Crippen molar-refractivity contribution in [2.45, 2.75) is 75.1 Å². The van der Waals surface area contributed by atoms with Crippen LogP contribution in [-0.4, -0.2) is 86.0 Å². The lowest BCUT2D eigenvalue weighted by molar-refractivity contribution is -0.148. The van der Waals surface area contributed by atoms with Crippen LogP contribution in [0, 0.1) is 35.4 Å². The number of nitrogens with two attached hydrogens (primary N) is 1. The number of carbonyl (C=O) groups excluding carboxylic acids is 3. The second-order valence-corrected chi connectivity index (χ2v) is 14.7. The molecule has 8 rings (SSSR count). The Kier molecular flexibility index (Phi) is 6.43. The number of hydrogen-bond donors (Lipinski definition) is 5. The van der Waals surface area contributed by atoms with Crippen molar-refractivity contribution in [2.75, 3.05) is 21.1 Å². The third kappa shape index (κ3) is 3.84. The lowest BCUT2D eigenvalue weighted by atomic mass is 9.52. The number of carbonyl (C=O) groups is 3. The summed E-state index contributed by atoms with van der Waals surface area (Å²) >= 11 is 0. The number of aliphatic hydroxyl groups excluding tert-OH is 2. The van der Waals surface area contributed by atoms with Crippen LogP contribution < -0.4 is 5.73 Å². The molecule has 1 aromatic carbocycles. The van der Waals surface area contributed by atoms with Gasteiger partial charge in [-0.3, -0.25) is 24.2 Å². The number of aromatic hydroxyl groups is 1. The van der Waals surface area contributed by atoms with Crippen LogP contribution in [-0.2, 0) is 22.6 Å². The SMILES string of the molecule is CN(C)[C@@H]1C(O)=C(C(N)=O)C(=O)[C@@]2(O)C(O)=C3C(=O)c4c(O)cc(CN(C)C56CC7CC(CC(C7)C5)C6)c(F)c4C[C@H]3C[C@@H]12. The van der Waals surface area contributed by atoms with E-state index in [-0.39, 0.29) is 41.6 Å². The van der Waals surface area contributed by atoms with Gasteiger partial charge in [-0.1, -0.05) is 0 Å². The fraction of sp³-hybridized carbons (Fsp3) is 0.606. The van der Waals surface area contributed by atoms with E-state index >= 15 is 4.39 Å². The second-order valence-electron chi connectivity index (χ2n) is 14.7. The molecule has 7 aliphatic rings. The summed E-state index contributed by atoms with van der Waals surface area (Å²) in [6.07, 6.45) is 6.97. The average Bonchev–Trinajstić information content (AvgIpc) is 2.92. The van der Waals surface area contributed by atoms with Crippen LogP contribution in [0.3, 0.4) is 0 Å². The summed E-state index contributed by atoms with van der Waals surface area (Å²) in [5.74, 6) is -5.92. The highest BCUT2D eigenvalue weighted by molar-refractivity contribution is 6.24. The summed E-state index contributed by atoms with van der Waals surface area (Å²) in [7, 11) is 5.16. The third-order valence-electron chi connectivity index (χ3n) is 12.0. The van der Waals surface area contributed by atoms with Crippen LogP contribution in [0.15, 0.2) is 28.7 Å². The molecule has 4 atom stereocenters. The second kappa shape index (κ2) is 9.61. The Bertz CT molecular complexity index is 1550. The lowest BCUT2D eigenvalue weighted by Crippen LogP contribution is -2.63. The maximum atomic E-state index is 16.4. The number of benzene rings is 1. The molecule has 44 heavy (non-hydrogen) atoms. The first kappa shape index (κ1) is 29.4. The first-order chi connectivity index (χ1) is 20.7. The van der Waals surface area contributed by atoms with Crippen LogP contribution in [0.25, 0.3) is 0 Å². The lowest BCUT2D eigenvalue weighted by Gasteiger charge is -2.60. The Hall–Kier alpha value is -3.28. The predicted molar refractivity (Wildman–Crippen MR) is 156 cm³/mol.